The maximum atomic E-state index is 5.56. The summed E-state index contributed by atoms with van der Waals surface area (Å²) in [6.07, 6.45) is 9.31. The highest BCUT2D eigenvalue weighted by atomic mass is 16.5. The second-order valence-electron chi connectivity index (χ2n) is 4.82. The van der Waals surface area contributed by atoms with Crippen LogP contribution in [-0.2, 0) is 4.74 Å². The zero-order chi connectivity index (χ0) is 12.5. The monoisotopic (exact) mass is 245 g/mol. The third-order valence-corrected chi connectivity index (χ3v) is 3.05. The van der Waals surface area contributed by atoms with Crippen molar-refractivity contribution in [3.63, 3.8) is 0 Å². The fourth-order valence-corrected chi connectivity index (χ4v) is 1.82. The first kappa shape index (κ1) is 13.3. The summed E-state index contributed by atoms with van der Waals surface area (Å²) in [5.74, 6) is 0. The Morgan fingerprint density at radius 1 is 1.17 bits per heavy atom. The molecule has 0 unspecified atom stereocenters. The predicted molar refractivity (Wildman–Crippen MR) is 76.6 cm³/mol. The van der Waals surface area contributed by atoms with E-state index in [9.17, 15) is 0 Å². The van der Waals surface area contributed by atoms with Crippen LogP contribution in [0.5, 0.6) is 0 Å². The summed E-state index contributed by atoms with van der Waals surface area (Å²) in [4.78, 5) is 0. The molecule has 0 bridgehead atoms. The SMILES string of the molecule is C(=Cc1ccccc1)COCCCCNC1CC1. The van der Waals surface area contributed by atoms with Crippen LogP contribution >= 0.6 is 0 Å². The summed E-state index contributed by atoms with van der Waals surface area (Å²) >= 11 is 0. The molecule has 1 saturated carbocycles. The van der Waals surface area contributed by atoms with Gasteiger partial charge in [-0.3, -0.25) is 0 Å². The molecule has 1 aromatic rings. The minimum atomic E-state index is 0.713. The summed E-state index contributed by atoms with van der Waals surface area (Å²) < 4.78 is 5.56. The molecule has 0 spiro atoms. The molecule has 0 heterocycles. The number of hydrogen-bond donors (Lipinski definition) is 1. The first-order valence-corrected chi connectivity index (χ1v) is 6.98. The molecule has 18 heavy (non-hydrogen) atoms. The Bertz CT molecular complexity index is 343. The van der Waals surface area contributed by atoms with Crippen molar-refractivity contribution in [3.8, 4) is 0 Å². The number of benzene rings is 1. The smallest absolute Gasteiger partial charge is 0.0650 e. The van der Waals surface area contributed by atoms with Crippen molar-refractivity contribution < 1.29 is 4.74 Å². The first-order chi connectivity index (χ1) is 8.95. The van der Waals surface area contributed by atoms with Crippen LogP contribution in [0.4, 0.5) is 0 Å². The van der Waals surface area contributed by atoms with Gasteiger partial charge in [-0.2, -0.15) is 0 Å². The van der Waals surface area contributed by atoms with E-state index >= 15 is 0 Å². The Labute approximate surface area is 110 Å². The minimum absolute atomic E-state index is 0.713. The fourth-order valence-electron chi connectivity index (χ4n) is 1.82. The lowest BCUT2D eigenvalue weighted by Crippen LogP contribution is -2.17. The normalized spacial score (nSPS) is 15.3. The van der Waals surface area contributed by atoms with Gasteiger partial charge in [-0.15, -0.1) is 0 Å². The van der Waals surface area contributed by atoms with Crippen molar-refractivity contribution in [2.45, 2.75) is 31.7 Å². The molecule has 2 rings (SSSR count). The molecule has 0 saturated heterocycles. The molecule has 1 aliphatic rings. The lowest BCUT2D eigenvalue weighted by atomic mass is 10.2. The van der Waals surface area contributed by atoms with Crippen LogP contribution < -0.4 is 5.32 Å². The van der Waals surface area contributed by atoms with Crippen LogP contribution in [0.15, 0.2) is 36.4 Å². The van der Waals surface area contributed by atoms with E-state index in [-0.39, 0.29) is 0 Å². The Balaban J connectivity index is 1.42. The largest absolute Gasteiger partial charge is 0.377 e. The van der Waals surface area contributed by atoms with Gasteiger partial charge in [0, 0.05) is 12.6 Å². The van der Waals surface area contributed by atoms with Gasteiger partial charge in [-0.1, -0.05) is 42.5 Å². The molecule has 2 heteroatoms. The molecule has 1 fully saturated rings. The molecule has 1 aliphatic carbocycles. The van der Waals surface area contributed by atoms with Crippen molar-refractivity contribution in [2.75, 3.05) is 19.8 Å². The van der Waals surface area contributed by atoms with Crippen LogP contribution in [0.25, 0.3) is 6.08 Å². The van der Waals surface area contributed by atoms with Gasteiger partial charge in [0.1, 0.15) is 0 Å². The van der Waals surface area contributed by atoms with Gasteiger partial charge in [0.05, 0.1) is 6.61 Å². The second kappa shape index (κ2) is 8.06. The molecular weight excluding hydrogens is 222 g/mol. The predicted octanol–water partition coefficient (Wildman–Crippen LogP) is 3.25. The van der Waals surface area contributed by atoms with Gasteiger partial charge < -0.3 is 10.1 Å². The van der Waals surface area contributed by atoms with E-state index < -0.39 is 0 Å². The van der Waals surface area contributed by atoms with E-state index in [1.165, 1.54) is 24.8 Å². The average Bonchev–Trinajstić information content (AvgIpc) is 3.22. The number of hydrogen-bond acceptors (Lipinski definition) is 2. The summed E-state index contributed by atoms with van der Waals surface area (Å²) in [6, 6.07) is 11.2. The van der Waals surface area contributed by atoms with E-state index in [0.717, 1.165) is 25.6 Å². The van der Waals surface area contributed by atoms with Crippen LogP contribution in [0.2, 0.25) is 0 Å². The third-order valence-electron chi connectivity index (χ3n) is 3.05. The molecule has 0 radical (unpaired) electrons. The molecule has 2 nitrogen and oxygen atoms in total. The summed E-state index contributed by atoms with van der Waals surface area (Å²) in [5, 5.41) is 3.51. The van der Waals surface area contributed by atoms with Gasteiger partial charge in [-0.05, 0) is 37.8 Å². The van der Waals surface area contributed by atoms with Crippen molar-refractivity contribution in [3.05, 3.63) is 42.0 Å². The molecule has 1 aromatic carbocycles. The maximum absolute atomic E-state index is 5.56. The summed E-state index contributed by atoms with van der Waals surface area (Å²) in [5.41, 5.74) is 1.23. The molecular formula is C16H23NO. The number of rotatable bonds is 9. The number of nitrogens with one attached hydrogen (secondary N) is 1. The van der Waals surface area contributed by atoms with Crippen molar-refractivity contribution in [1.82, 2.24) is 5.32 Å². The lowest BCUT2D eigenvalue weighted by molar-refractivity contribution is 0.158. The molecule has 0 atom stereocenters. The van der Waals surface area contributed by atoms with E-state index in [1.54, 1.807) is 0 Å². The van der Waals surface area contributed by atoms with Gasteiger partial charge >= 0.3 is 0 Å². The van der Waals surface area contributed by atoms with Crippen molar-refractivity contribution >= 4 is 6.08 Å². The molecule has 0 amide bonds. The zero-order valence-electron chi connectivity index (χ0n) is 11.0. The van der Waals surface area contributed by atoms with Crippen molar-refractivity contribution in [1.29, 1.82) is 0 Å². The number of ether oxygens (including phenoxy) is 1. The highest BCUT2D eigenvalue weighted by molar-refractivity contribution is 5.48. The first-order valence-electron chi connectivity index (χ1n) is 6.98. The Morgan fingerprint density at radius 2 is 2.00 bits per heavy atom. The van der Waals surface area contributed by atoms with Gasteiger partial charge in [0.25, 0.3) is 0 Å². The van der Waals surface area contributed by atoms with Crippen LogP contribution in [0, 0.1) is 0 Å². The van der Waals surface area contributed by atoms with E-state index in [1.807, 2.05) is 18.2 Å². The standard InChI is InChI=1S/C16H23NO/c1-2-7-15(8-3-1)9-6-14-18-13-5-4-12-17-16-10-11-16/h1-3,6-9,16-17H,4-5,10-14H2. The second-order valence-corrected chi connectivity index (χ2v) is 4.82. The molecule has 98 valence electrons. The highest BCUT2D eigenvalue weighted by Gasteiger charge is 2.19. The van der Waals surface area contributed by atoms with Crippen LogP contribution in [-0.4, -0.2) is 25.8 Å². The minimum Gasteiger partial charge on any atom is -0.377 e. The molecule has 0 aromatic heterocycles. The van der Waals surface area contributed by atoms with E-state index in [2.05, 4.69) is 29.6 Å². The Hall–Kier alpha value is -1.12. The molecule has 1 N–H and O–H groups in total. The molecule has 0 aliphatic heterocycles. The topological polar surface area (TPSA) is 21.3 Å². The highest BCUT2D eigenvalue weighted by Crippen LogP contribution is 2.18. The Kier molecular flexibility index (Phi) is 5.97. The Morgan fingerprint density at radius 3 is 2.78 bits per heavy atom. The van der Waals surface area contributed by atoms with Gasteiger partial charge in [0.15, 0.2) is 0 Å². The van der Waals surface area contributed by atoms with Gasteiger partial charge in [-0.25, -0.2) is 0 Å². The summed E-state index contributed by atoms with van der Waals surface area (Å²) in [7, 11) is 0. The summed E-state index contributed by atoms with van der Waals surface area (Å²) in [6.45, 7) is 2.73. The quantitative estimate of drug-likeness (QED) is 0.674. The van der Waals surface area contributed by atoms with E-state index in [0.29, 0.717) is 6.61 Å². The number of unbranched alkanes of at least 4 members (excludes halogenated alkanes) is 1. The van der Waals surface area contributed by atoms with E-state index in [4.69, 9.17) is 4.74 Å². The van der Waals surface area contributed by atoms with Crippen LogP contribution in [0.1, 0.15) is 31.2 Å². The van der Waals surface area contributed by atoms with Crippen LogP contribution in [0.3, 0.4) is 0 Å². The van der Waals surface area contributed by atoms with Gasteiger partial charge in [0.2, 0.25) is 0 Å². The third kappa shape index (κ3) is 5.99. The lowest BCUT2D eigenvalue weighted by Gasteiger charge is -2.03. The average molecular weight is 245 g/mol. The van der Waals surface area contributed by atoms with Crippen molar-refractivity contribution in [2.24, 2.45) is 0 Å². The fraction of sp³-hybridized carbons (Fsp3) is 0.500. The maximum Gasteiger partial charge on any atom is 0.0650 e. The zero-order valence-corrected chi connectivity index (χ0v) is 11.0.